The Bertz CT molecular complexity index is 293. The molecule has 0 amide bonds. The normalized spacial score (nSPS) is 20.5. The number of aromatic nitrogens is 1. The van der Waals surface area contributed by atoms with Gasteiger partial charge in [0.05, 0.1) is 0 Å². The van der Waals surface area contributed by atoms with Crippen molar-refractivity contribution in [3.05, 3.63) is 30.1 Å². The third-order valence-corrected chi connectivity index (χ3v) is 3.28. The summed E-state index contributed by atoms with van der Waals surface area (Å²) < 4.78 is 0. The summed E-state index contributed by atoms with van der Waals surface area (Å²) in [5, 5.41) is 3.43. The van der Waals surface area contributed by atoms with E-state index in [-0.39, 0.29) is 0 Å². The van der Waals surface area contributed by atoms with Gasteiger partial charge in [0, 0.05) is 25.5 Å². The number of hydrogen-bond acceptors (Lipinski definition) is 3. The second-order valence-corrected chi connectivity index (χ2v) is 4.54. The van der Waals surface area contributed by atoms with Gasteiger partial charge in [-0.15, -0.1) is 0 Å². The first-order valence-electron chi connectivity index (χ1n) is 6.20. The van der Waals surface area contributed by atoms with Gasteiger partial charge in [-0.2, -0.15) is 0 Å². The Labute approximate surface area is 97.9 Å². The molecule has 16 heavy (non-hydrogen) atoms. The highest BCUT2D eigenvalue weighted by Crippen LogP contribution is 2.12. The lowest BCUT2D eigenvalue weighted by molar-refractivity contribution is 0.240. The summed E-state index contributed by atoms with van der Waals surface area (Å²) in [4.78, 5) is 6.57. The molecule has 1 saturated heterocycles. The van der Waals surface area contributed by atoms with Crippen molar-refractivity contribution < 1.29 is 0 Å². The van der Waals surface area contributed by atoms with Crippen LogP contribution in [0, 0.1) is 5.92 Å². The smallest absolute Gasteiger partial charge is 0.0271 e. The molecular weight excluding hydrogens is 198 g/mol. The van der Waals surface area contributed by atoms with Crippen molar-refractivity contribution in [3.8, 4) is 0 Å². The molecule has 2 heterocycles. The fourth-order valence-corrected chi connectivity index (χ4v) is 2.29. The SMILES string of the molecule is CCN(Cc1ccncc1)CC1CCNC1. The summed E-state index contributed by atoms with van der Waals surface area (Å²) >= 11 is 0. The van der Waals surface area contributed by atoms with Crippen LogP contribution in [-0.4, -0.2) is 36.1 Å². The van der Waals surface area contributed by atoms with Crippen LogP contribution >= 0.6 is 0 Å². The lowest BCUT2D eigenvalue weighted by Crippen LogP contribution is -2.30. The molecule has 1 unspecified atom stereocenters. The number of rotatable bonds is 5. The first kappa shape index (κ1) is 11.6. The number of hydrogen-bond donors (Lipinski definition) is 1. The Hall–Kier alpha value is -0.930. The Morgan fingerprint density at radius 2 is 2.25 bits per heavy atom. The van der Waals surface area contributed by atoms with Gasteiger partial charge in [-0.1, -0.05) is 6.92 Å². The van der Waals surface area contributed by atoms with Gasteiger partial charge in [-0.25, -0.2) is 0 Å². The van der Waals surface area contributed by atoms with Gasteiger partial charge < -0.3 is 5.32 Å². The lowest BCUT2D eigenvalue weighted by atomic mass is 10.1. The predicted octanol–water partition coefficient (Wildman–Crippen LogP) is 1.51. The van der Waals surface area contributed by atoms with E-state index < -0.39 is 0 Å². The highest BCUT2D eigenvalue weighted by molar-refractivity contribution is 5.09. The van der Waals surface area contributed by atoms with E-state index in [4.69, 9.17) is 0 Å². The van der Waals surface area contributed by atoms with Crippen LogP contribution in [0.25, 0.3) is 0 Å². The minimum atomic E-state index is 0.835. The molecule has 3 nitrogen and oxygen atoms in total. The van der Waals surface area contributed by atoms with Crippen LogP contribution in [0.1, 0.15) is 18.9 Å². The molecular formula is C13H21N3. The van der Waals surface area contributed by atoms with E-state index in [1.54, 1.807) is 0 Å². The molecule has 1 N–H and O–H groups in total. The van der Waals surface area contributed by atoms with Crippen molar-refractivity contribution in [2.75, 3.05) is 26.2 Å². The van der Waals surface area contributed by atoms with Gasteiger partial charge in [0.25, 0.3) is 0 Å². The lowest BCUT2D eigenvalue weighted by Gasteiger charge is -2.23. The van der Waals surface area contributed by atoms with E-state index in [0.29, 0.717) is 0 Å². The monoisotopic (exact) mass is 219 g/mol. The summed E-state index contributed by atoms with van der Waals surface area (Å²) in [5.74, 6) is 0.835. The second kappa shape index (κ2) is 5.97. The van der Waals surface area contributed by atoms with Crippen LogP contribution < -0.4 is 5.32 Å². The van der Waals surface area contributed by atoms with Crippen LogP contribution in [0.4, 0.5) is 0 Å². The largest absolute Gasteiger partial charge is 0.316 e. The molecule has 1 aliphatic heterocycles. The van der Waals surface area contributed by atoms with Gasteiger partial charge >= 0.3 is 0 Å². The first-order valence-corrected chi connectivity index (χ1v) is 6.20. The zero-order chi connectivity index (χ0) is 11.2. The minimum absolute atomic E-state index is 0.835. The van der Waals surface area contributed by atoms with Crippen LogP contribution in [0.3, 0.4) is 0 Å². The molecule has 0 aliphatic carbocycles. The van der Waals surface area contributed by atoms with Crippen LogP contribution in [0.5, 0.6) is 0 Å². The van der Waals surface area contributed by atoms with E-state index in [2.05, 4.69) is 34.3 Å². The Morgan fingerprint density at radius 1 is 1.44 bits per heavy atom. The second-order valence-electron chi connectivity index (χ2n) is 4.54. The molecule has 1 aromatic heterocycles. The molecule has 0 radical (unpaired) electrons. The average Bonchev–Trinajstić information content (AvgIpc) is 2.82. The quantitative estimate of drug-likeness (QED) is 0.813. The van der Waals surface area contributed by atoms with Gasteiger partial charge in [-0.3, -0.25) is 9.88 Å². The standard InChI is InChI=1S/C13H21N3/c1-2-16(11-13-5-8-15-9-13)10-12-3-6-14-7-4-12/h3-4,6-7,13,15H,2,5,8-11H2,1H3. The van der Waals surface area contributed by atoms with Crippen molar-refractivity contribution in [2.45, 2.75) is 19.9 Å². The van der Waals surface area contributed by atoms with E-state index in [9.17, 15) is 0 Å². The summed E-state index contributed by atoms with van der Waals surface area (Å²) in [5.41, 5.74) is 1.36. The minimum Gasteiger partial charge on any atom is -0.316 e. The molecule has 1 aliphatic rings. The Kier molecular flexibility index (Phi) is 4.31. The highest BCUT2D eigenvalue weighted by Gasteiger charge is 2.17. The third-order valence-electron chi connectivity index (χ3n) is 3.28. The highest BCUT2D eigenvalue weighted by atomic mass is 15.1. The van der Waals surface area contributed by atoms with Gasteiger partial charge in [0.1, 0.15) is 0 Å². The summed E-state index contributed by atoms with van der Waals surface area (Å²) in [6.45, 7) is 8.01. The Morgan fingerprint density at radius 3 is 2.88 bits per heavy atom. The van der Waals surface area contributed by atoms with E-state index in [0.717, 1.165) is 19.0 Å². The van der Waals surface area contributed by atoms with Crippen molar-refractivity contribution in [1.29, 1.82) is 0 Å². The average molecular weight is 219 g/mol. The van der Waals surface area contributed by atoms with Crippen LogP contribution in [0.15, 0.2) is 24.5 Å². The molecule has 1 atom stereocenters. The van der Waals surface area contributed by atoms with Gasteiger partial charge in [0.2, 0.25) is 0 Å². The molecule has 2 rings (SSSR count). The Balaban J connectivity index is 1.85. The number of nitrogens with one attached hydrogen (secondary N) is 1. The van der Waals surface area contributed by atoms with Crippen molar-refractivity contribution >= 4 is 0 Å². The van der Waals surface area contributed by atoms with Crippen LogP contribution in [0.2, 0.25) is 0 Å². The van der Waals surface area contributed by atoms with Crippen molar-refractivity contribution in [1.82, 2.24) is 15.2 Å². The zero-order valence-electron chi connectivity index (χ0n) is 10.0. The predicted molar refractivity (Wildman–Crippen MR) is 66.2 cm³/mol. The molecule has 1 aromatic rings. The molecule has 0 saturated carbocycles. The zero-order valence-corrected chi connectivity index (χ0v) is 10.0. The third kappa shape index (κ3) is 3.29. The summed E-state index contributed by atoms with van der Waals surface area (Å²) in [7, 11) is 0. The molecule has 88 valence electrons. The van der Waals surface area contributed by atoms with Gasteiger partial charge in [-0.05, 0) is 49.7 Å². The first-order chi connectivity index (χ1) is 7.88. The fourth-order valence-electron chi connectivity index (χ4n) is 2.29. The molecule has 1 fully saturated rings. The summed E-state index contributed by atoms with van der Waals surface area (Å²) in [6, 6.07) is 4.21. The van der Waals surface area contributed by atoms with E-state index in [1.807, 2.05) is 12.4 Å². The molecule has 0 spiro atoms. The maximum Gasteiger partial charge on any atom is 0.0271 e. The molecule has 3 heteroatoms. The number of nitrogens with zero attached hydrogens (tertiary/aromatic N) is 2. The van der Waals surface area contributed by atoms with E-state index in [1.165, 1.54) is 31.6 Å². The van der Waals surface area contributed by atoms with Crippen molar-refractivity contribution in [2.24, 2.45) is 5.92 Å². The van der Waals surface area contributed by atoms with E-state index >= 15 is 0 Å². The van der Waals surface area contributed by atoms with Crippen molar-refractivity contribution in [3.63, 3.8) is 0 Å². The molecule has 0 bridgehead atoms. The topological polar surface area (TPSA) is 28.2 Å². The van der Waals surface area contributed by atoms with Crippen LogP contribution in [-0.2, 0) is 6.54 Å². The maximum absolute atomic E-state index is 4.05. The number of pyridine rings is 1. The summed E-state index contributed by atoms with van der Waals surface area (Å²) in [6.07, 6.45) is 5.08. The maximum atomic E-state index is 4.05. The molecule has 0 aromatic carbocycles. The fraction of sp³-hybridized carbons (Fsp3) is 0.615. The van der Waals surface area contributed by atoms with Gasteiger partial charge in [0.15, 0.2) is 0 Å².